The van der Waals surface area contributed by atoms with Crippen molar-refractivity contribution in [3.63, 3.8) is 0 Å². The molecule has 1 unspecified atom stereocenters. The van der Waals surface area contributed by atoms with E-state index in [4.69, 9.17) is 4.52 Å². The van der Waals surface area contributed by atoms with Gasteiger partial charge < -0.3 is 14.4 Å². The fourth-order valence-corrected chi connectivity index (χ4v) is 2.48. The first kappa shape index (κ1) is 12.6. The molecule has 7 heteroatoms. The van der Waals surface area contributed by atoms with Crippen molar-refractivity contribution in [3.8, 4) is 0 Å². The second-order valence-electron chi connectivity index (χ2n) is 4.74. The quantitative estimate of drug-likeness (QED) is 0.886. The van der Waals surface area contributed by atoms with Gasteiger partial charge in [-0.25, -0.2) is 0 Å². The summed E-state index contributed by atoms with van der Waals surface area (Å²) < 4.78 is 4.77. The maximum Gasteiger partial charge on any atom is 0.255 e. The predicted molar refractivity (Wildman–Crippen MR) is 69.0 cm³/mol. The van der Waals surface area contributed by atoms with E-state index in [1.54, 1.807) is 4.90 Å². The van der Waals surface area contributed by atoms with Gasteiger partial charge in [-0.05, 0) is 25.3 Å². The third-order valence-electron chi connectivity index (χ3n) is 3.47. The summed E-state index contributed by atoms with van der Waals surface area (Å²) in [6.07, 6.45) is 5.49. The molecule has 2 aromatic heterocycles. The lowest BCUT2D eigenvalue weighted by molar-refractivity contribution is 0.0596. The summed E-state index contributed by atoms with van der Waals surface area (Å²) >= 11 is 0. The molecular weight excluding hydrogens is 260 g/mol. The summed E-state index contributed by atoms with van der Waals surface area (Å²) in [6, 6.07) is 2.71. The number of carbonyl (C=O) groups is 1. The number of hydrogen-bond acceptors (Lipinski definition) is 5. The number of hydrogen-bond donors (Lipinski definition) is 1. The number of nitrogens with zero attached hydrogens (tertiary/aromatic N) is 3. The first-order valence-electron chi connectivity index (χ1n) is 6.51. The second-order valence-corrected chi connectivity index (χ2v) is 4.74. The van der Waals surface area contributed by atoms with Crippen LogP contribution in [-0.4, -0.2) is 32.5 Å². The fraction of sp³-hybridized carbons (Fsp3) is 0.385. The number of amides is 1. The Bertz CT molecular complexity index is 629. The van der Waals surface area contributed by atoms with Crippen LogP contribution in [0, 0.1) is 0 Å². The fourth-order valence-electron chi connectivity index (χ4n) is 2.48. The number of aromatic nitrogens is 3. The number of aromatic amines is 1. The molecule has 1 aliphatic heterocycles. The third kappa shape index (κ3) is 2.34. The molecule has 7 nitrogen and oxygen atoms in total. The second kappa shape index (κ2) is 5.28. The topological polar surface area (TPSA) is 92.1 Å². The van der Waals surface area contributed by atoms with E-state index >= 15 is 0 Å². The molecule has 3 rings (SSSR count). The highest BCUT2D eigenvalue weighted by Crippen LogP contribution is 2.29. The molecule has 1 amide bonds. The molecule has 2 aromatic rings. The van der Waals surface area contributed by atoms with Crippen molar-refractivity contribution in [2.24, 2.45) is 0 Å². The van der Waals surface area contributed by atoms with Crippen LogP contribution in [0.3, 0.4) is 0 Å². The van der Waals surface area contributed by atoms with E-state index in [1.807, 2.05) is 0 Å². The van der Waals surface area contributed by atoms with Crippen LogP contribution in [0.1, 0.15) is 41.5 Å². The highest BCUT2D eigenvalue weighted by Gasteiger charge is 2.31. The summed E-state index contributed by atoms with van der Waals surface area (Å²) in [6.45, 7) is 0.650. The van der Waals surface area contributed by atoms with Gasteiger partial charge in [0.2, 0.25) is 12.0 Å². The molecule has 0 aliphatic carbocycles. The predicted octanol–water partition coefficient (Wildman–Crippen LogP) is 1.13. The lowest BCUT2D eigenvalue weighted by atomic mass is 10.0. The van der Waals surface area contributed by atoms with Crippen molar-refractivity contribution in [1.29, 1.82) is 0 Å². The number of carbonyl (C=O) groups excluding carboxylic acids is 1. The Morgan fingerprint density at radius 1 is 1.40 bits per heavy atom. The molecule has 1 atom stereocenters. The molecule has 0 spiro atoms. The zero-order chi connectivity index (χ0) is 13.9. The normalized spacial score (nSPS) is 19.0. The minimum absolute atomic E-state index is 0.129. The Hall–Kier alpha value is -2.44. The molecule has 0 aromatic carbocycles. The highest BCUT2D eigenvalue weighted by molar-refractivity contribution is 5.94. The molecular formula is C13H14N4O3. The Balaban J connectivity index is 1.88. The number of piperidine rings is 1. The van der Waals surface area contributed by atoms with Gasteiger partial charge in [-0.3, -0.25) is 9.59 Å². The van der Waals surface area contributed by atoms with Gasteiger partial charge in [0.05, 0.1) is 11.6 Å². The molecule has 20 heavy (non-hydrogen) atoms. The van der Waals surface area contributed by atoms with E-state index in [9.17, 15) is 9.59 Å². The number of likely N-dealkylation sites (tertiary alicyclic amines) is 1. The average Bonchev–Trinajstić information content (AvgIpc) is 3.01. The standard InChI is InChI=1S/C13H14N4O3/c18-11-5-4-9(7-14-11)13(19)17-6-2-1-3-10(17)12-15-8-20-16-12/h4-5,7-8,10H,1-3,6H2,(H,14,18). The maximum absolute atomic E-state index is 12.5. The maximum atomic E-state index is 12.5. The minimum atomic E-state index is -0.227. The van der Waals surface area contributed by atoms with Crippen molar-refractivity contribution in [2.75, 3.05) is 6.54 Å². The van der Waals surface area contributed by atoms with Crippen LogP contribution in [0.2, 0.25) is 0 Å². The van der Waals surface area contributed by atoms with Crippen LogP contribution < -0.4 is 5.56 Å². The molecule has 1 aliphatic rings. The van der Waals surface area contributed by atoms with Gasteiger partial charge in [0, 0.05) is 18.8 Å². The van der Waals surface area contributed by atoms with Crippen LogP contribution in [0.4, 0.5) is 0 Å². The highest BCUT2D eigenvalue weighted by atomic mass is 16.5. The molecule has 1 saturated heterocycles. The van der Waals surface area contributed by atoms with Gasteiger partial charge in [0.25, 0.3) is 5.91 Å². The Morgan fingerprint density at radius 2 is 2.30 bits per heavy atom. The molecule has 0 radical (unpaired) electrons. The zero-order valence-corrected chi connectivity index (χ0v) is 10.8. The van der Waals surface area contributed by atoms with Gasteiger partial charge in [-0.2, -0.15) is 4.98 Å². The van der Waals surface area contributed by atoms with Crippen LogP contribution in [-0.2, 0) is 0 Å². The molecule has 3 heterocycles. The van der Waals surface area contributed by atoms with Gasteiger partial charge in [0.15, 0.2) is 5.82 Å². The minimum Gasteiger partial charge on any atom is -0.343 e. The Labute approximate surface area is 114 Å². The first-order chi connectivity index (χ1) is 9.75. The number of H-pyrrole nitrogens is 1. The van der Waals surface area contributed by atoms with Crippen LogP contribution in [0.5, 0.6) is 0 Å². The monoisotopic (exact) mass is 274 g/mol. The molecule has 0 bridgehead atoms. The Kier molecular flexibility index (Phi) is 3.32. The summed E-state index contributed by atoms with van der Waals surface area (Å²) in [7, 11) is 0. The van der Waals surface area contributed by atoms with Crippen LogP contribution >= 0.6 is 0 Å². The number of rotatable bonds is 2. The van der Waals surface area contributed by atoms with E-state index in [-0.39, 0.29) is 17.5 Å². The van der Waals surface area contributed by atoms with E-state index in [0.29, 0.717) is 17.9 Å². The molecule has 104 valence electrons. The van der Waals surface area contributed by atoms with Gasteiger partial charge in [-0.1, -0.05) is 5.16 Å². The van der Waals surface area contributed by atoms with Crippen molar-refractivity contribution in [3.05, 3.63) is 46.5 Å². The number of pyridine rings is 1. The average molecular weight is 274 g/mol. The SMILES string of the molecule is O=C(c1ccc(=O)[nH]c1)N1CCCCC1c1ncon1. The van der Waals surface area contributed by atoms with Gasteiger partial charge in [0.1, 0.15) is 0 Å². The molecule has 0 saturated carbocycles. The van der Waals surface area contributed by atoms with Crippen LogP contribution in [0.15, 0.2) is 34.0 Å². The summed E-state index contributed by atoms with van der Waals surface area (Å²) in [5.74, 6) is 0.401. The van der Waals surface area contributed by atoms with Crippen molar-refractivity contribution in [1.82, 2.24) is 20.0 Å². The largest absolute Gasteiger partial charge is 0.343 e. The lowest BCUT2D eigenvalue weighted by Crippen LogP contribution is -2.39. The third-order valence-corrected chi connectivity index (χ3v) is 3.47. The zero-order valence-electron chi connectivity index (χ0n) is 10.8. The Morgan fingerprint density at radius 3 is 3.00 bits per heavy atom. The van der Waals surface area contributed by atoms with Gasteiger partial charge in [-0.15, -0.1) is 0 Å². The van der Waals surface area contributed by atoms with E-state index < -0.39 is 0 Å². The van der Waals surface area contributed by atoms with Crippen LogP contribution in [0.25, 0.3) is 0 Å². The van der Waals surface area contributed by atoms with E-state index in [0.717, 1.165) is 19.3 Å². The molecule has 1 N–H and O–H groups in total. The first-order valence-corrected chi connectivity index (χ1v) is 6.51. The lowest BCUT2D eigenvalue weighted by Gasteiger charge is -2.33. The van der Waals surface area contributed by atoms with Crippen molar-refractivity contribution in [2.45, 2.75) is 25.3 Å². The van der Waals surface area contributed by atoms with Crippen molar-refractivity contribution >= 4 is 5.91 Å². The summed E-state index contributed by atoms with van der Waals surface area (Å²) in [5, 5.41) is 3.84. The molecule has 1 fully saturated rings. The smallest absolute Gasteiger partial charge is 0.255 e. The van der Waals surface area contributed by atoms with Crippen molar-refractivity contribution < 1.29 is 9.32 Å². The van der Waals surface area contributed by atoms with E-state index in [2.05, 4.69) is 15.1 Å². The van der Waals surface area contributed by atoms with Gasteiger partial charge >= 0.3 is 0 Å². The summed E-state index contributed by atoms with van der Waals surface area (Å²) in [5.41, 5.74) is 0.231. The summed E-state index contributed by atoms with van der Waals surface area (Å²) in [4.78, 5) is 31.9. The number of nitrogens with one attached hydrogen (secondary N) is 1. The van der Waals surface area contributed by atoms with E-state index in [1.165, 1.54) is 24.7 Å².